The van der Waals surface area contributed by atoms with E-state index < -0.39 is 11.9 Å². The first-order chi connectivity index (χ1) is 16.0. The summed E-state index contributed by atoms with van der Waals surface area (Å²) in [7, 11) is 0. The first kappa shape index (κ1) is 21.0. The van der Waals surface area contributed by atoms with E-state index in [0.717, 1.165) is 21.8 Å². The molecule has 166 valence electrons. The molecule has 1 fully saturated rings. The Hall–Kier alpha value is -3.85. The minimum Gasteiger partial charge on any atom is -0.346 e. The molecule has 0 radical (unpaired) electrons. The van der Waals surface area contributed by atoms with Crippen LogP contribution in [-0.4, -0.2) is 39.6 Å². The third kappa shape index (κ3) is 4.14. The minimum atomic E-state index is -0.677. The monoisotopic (exact) mass is 460 g/mol. The van der Waals surface area contributed by atoms with E-state index in [9.17, 15) is 19.2 Å². The number of carbonyl (C=O) groups excluding carboxylic acids is 4. The zero-order valence-electron chi connectivity index (χ0n) is 17.5. The fraction of sp³-hybridized carbons (Fsp3) is 0.208. The van der Waals surface area contributed by atoms with Crippen molar-refractivity contribution < 1.29 is 19.2 Å². The van der Waals surface area contributed by atoms with Crippen LogP contribution in [0.4, 0.5) is 0 Å². The Morgan fingerprint density at radius 2 is 1.97 bits per heavy atom. The van der Waals surface area contributed by atoms with Gasteiger partial charge in [0, 0.05) is 35.0 Å². The number of aromatic nitrogens is 1. The summed E-state index contributed by atoms with van der Waals surface area (Å²) in [6.07, 6.45) is 0.503. The number of thiazole rings is 1. The van der Waals surface area contributed by atoms with Crippen molar-refractivity contribution in [3.8, 4) is 10.6 Å². The van der Waals surface area contributed by atoms with Crippen LogP contribution in [0.2, 0.25) is 0 Å². The Morgan fingerprint density at radius 1 is 1.15 bits per heavy atom. The molecule has 1 atom stereocenters. The van der Waals surface area contributed by atoms with Crippen LogP contribution in [-0.2, 0) is 22.7 Å². The van der Waals surface area contributed by atoms with Gasteiger partial charge in [0.1, 0.15) is 11.0 Å². The molecule has 0 spiro atoms. The highest BCUT2D eigenvalue weighted by molar-refractivity contribution is 7.13. The zero-order valence-corrected chi connectivity index (χ0v) is 18.4. The van der Waals surface area contributed by atoms with Crippen LogP contribution in [0, 0.1) is 0 Å². The highest BCUT2D eigenvalue weighted by atomic mass is 32.1. The van der Waals surface area contributed by atoms with Crippen molar-refractivity contribution in [1.29, 1.82) is 0 Å². The lowest BCUT2D eigenvalue weighted by Gasteiger charge is -2.29. The van der Waals surface area contributed by atoms with Gasteiger partial charge in [0.2, 0.25) is 11.8 Å². The average Bonchev–Trinajstić information content (AvgIpc) is 3.43. The van der Waals surface area contributed by atoms with Gasteiger partial charge >= 0.3 is 0 Å². The number of hydrogen-bond donors (Lipinski definition) is 2. The topological polar surface area (TPSA) is 108 Å². The second kappa shape index (κ2) is 8.59. The molecule has 2 aliphatic heterocycles. The van der Waals surface area contributed by atoms with Crippen LogP contribution in [0.5, 0.6) is 0 Å². The molecular formula is C24H20N4O4S. The normalized spacial score (nSPS) is 17.6. The molecule has 3 aromatic rings. The Balaban J connectivity index is 1.25. The van der Waals surface area contributed by atoms with Gasteiger partial charge in [-0.3, -0.25) is 24.5 Å². The molecule has 1 saturated heterocycles. The maximum atomic E-state index is 12.9. The molecule has 2 aromatic carbocycles. The largest absolute Gasteiger partial charge is 0.346 e. The van der Waals surface area contributed by atoms with Crippen LogP contribution < -0.4 is 10.6 Å². The van der Waals surface area contributed by atoms with Gasteiger partial charge in [-0.05, 0) is 24.1 Å². The van der Waals surface area contributed by atoms with Crippen molar-refractivity contribution in [2.45, 2.75) is 32.0 Å². The number of carbonyl (C=O) groups is 4. The molecule has 4 amide bonds. The molecule has 3 heterocycles. The van der Waals surface area contributed by atoms with Crippen molar-refractivity contribution >= 4 is 35.0 Å². The van der Waals surface area contributed by atoms with Crippen molar-refractivity contribution in [3.63, 3.8) is 0 Å². The van der Waals surface area contributed by atoms with Crippen molar-refractivity contribution in [1.82, 2.24) is 20.5 Å². The molecule has 5 rings (SSSR count). The van der Waals surface area contributed by atoms with Crippen LogP contribution in [0.3, 0.4) is 0 Å². The van der Waals surface area contributed by atoms with Crippen LogP contribution in [0.1, 0.15) is 44.8 Å². The molecule has 0 bridgehead atoms. The lowest BCUT2D eigenvalue weighted by molar-refractivity contribution is -0.136. The zero-order chi connectivity index (χ0) is 22.9. The number of nitrogens with one attached hydrogen (secondary N) is 2. The van der Waals surface area contributed by atoms with Gasteiger partial charge in [-0.2, -0.15) is 0 Å². The van der Waals surface area contributed by atoms with Gasteiger partial charge in [-0.1, -0.05) is 36.4 Å². The first-order valence-electron chi connectivity index (χ1n) is 10.6. The van der Waals surface area contributed by atoms with Gasteiger partial charge in [-0.25, -0.2) is 4.98 Å². The second-order valence-electron chi connectivity index (χ2n) is 7.96. The van der Waals surface area contributed by atoms with Gasteiger partial charge < -0.3 is 10.2 Å². The van der Waals surface area contributed by atoms with E-state index in [2.05, 4.69) is 15.6 Å². The average molecular weight is 461 g/mol. The molecule has 8 nitrogen and oxygen atoms in total. The summed E-state index contributed by atoms with van der Waals surface area (Å²) in [4.78, 5) is 55.3. The van der Waals surface area contributed by atoms with Crippen molar-refractivity contribution in [3.05, 3.63) is 76.3 Å². The second-order valence-corrected chi connectivity index (χ2v) is 8.82. The number of fused-ring (bicyclic) bond motifs is 1. The van der Waals surface area contributed by atoms with Crippen LogP contribution in [0.25, 0.3) is 10.6 Å². The maximum Gasteiger partial charge on any atom is 0.255 e. The van der Waals surface area contributed by atoms with Crippen molar-refractivity contribution in [2.75, 3.05) is 0 Å². The predicted octanol–water partition coefficient (Wildman–Crippen LogP) is 2.50. The molecule has 0 saturated carbocycles. The first-order valence-corrected chi connectivity index (χ1v) is 11.4. The lowest BCUT2D eigenvalue weighted by Crippen LogP contribution is -2.52. The summed E-state index contributed by atoms with van der Waals surface area (Å²) < 4.78 is 0. The third-order valence-electron chi connectivity index (χ3n) is 5.79. The van der Waals surface area contributed by atoms with E-state index in [1.807, 2.05) is 35.7 Å². The molecule has 2 N–H and O–H groups in total. The molecule has 33 heavy (non-hydrogen) atoms. The summed E-state index contributed by atoms with van der Waals surface area (Å²) in [5.74, 6) is -1.39. The fourth-order valence-electron chi connectivity index (χ4n) is 4.07. The summed E-state index contributed by atoms with van der Waals surface area (Å²) in [5, 5.41) is 7.93. The maximum absolute atomic E-state index is 12.9. The Labute approximate surface area is 193 Å². The molecular weight excluding hydrogens is 440 g/mol. The molecule has 2 aliphatic rings. The van der Waals surface area contributed by atoms with Gasteiger partial charge in [0.05, 0.1) is 12.2 Å². The molecule has 0 aliphatic carbocycles. The lowest BCUT2D eigenvalue weighted by atomic mass is 10.0. The smallest absolute Gasteiger partial charge is 0.255 e. The Morgan fingerprint density at radius 3 is 2.76 bits per heavy atom. The Bertz CT molecular complexity index is 1270. The van der Waals surface area contributed by atoms with Gasteiger partial charge in [0.15, 0.2) is 0 Å². The van der Waals surface area contributed by atoms with E-state index in [1.54, 1.807) is 18.2 Å². The Kier molecular flexibility index (Phi) is 5.47. The number of piperidine rings is 1. The third-order valence-corrected chi connectivity index (χ3v) is 6.73. The standard InChI is InChI=1S/C24H20N4O4S/c29-20-9-8-19(22(31)27-20)28-12-16-7-6-15(10-18(16)24(28)32)21(30)25-11-17-13-33-23(26-17)14-4-2-1-3-5-14/h1-7,10,13,19H,8-9,11-12H2,(H,25,30)(H,27,29,31). The summed E-state index contributed by atoms with van der Waals surface area (Å²) in [6, 6.07) is 14.1. The number of hydrogen-bond acceptors (Lipinski definition) is 6. The number of nitrogens with zero attached hydrogens (tertiary/aromatic N) is 2. The SMILES string of the molecule is O=C1CCC(N2Cc3ccc(C(=O)NCc4csc(-c5ccccc5)n4)cc3C2=O)C(=O)N1. The van der Waals surface area contributed by atoms with E-state index in [-0.39, 0.29) is 37.2 Å². The minimum absolute atomic E-state index is 0.201. The summed E-state index contributed by atoms with van der Waals surface area (Å²) in [5.41, 5.74) is 3.32. The number of rotatable bonds is 5. The number of benzene rings is 2. The molecule has 9 heteroatoms. The fourth-order valence-corrected chi connectivity index (χ4v) is 4.90. The number of imide groups is 1. The molecule has 1 unspecified atom stereocenters. The van der Waals surface area contributed by atoms with E-state index in [0.29, 0.717) is 17.5 Å². The van der Waals surface area contributed by atoms with E-state index in [1.165, 1.54) is 16.2 Å². The highest BCUT2D eigenvalue weighted by Crippen LogP contribution is 2.28. The summed E-state index contributed by atoms with van der Waals surface area (Å²) in [6.45, 7) is 0.555. The van der Waals surface area contributed by atoms with Crippen molar-refractivity contribution in [2.24, 2.45) is 0 Å². The predicted molar refractivity (Wildman–Crippen MR) is 121 cm³/mol. The van der Waals surface area contributed by atoms with Gasteiger partial charge in [-0.15, -0.1) is 11.3 Å². The molecule has 1 aromatic heterocycles. The highest BCUT2D eigenvalue weighted by Gasteiger charge is 2.39. The summed E-state index contributed by atoms with van der Waals surface area (Å²) >= 11 is 1.51. The quantitative estimate of drug-likeness (QED) is 0.569. The van der Waals surface area contributed by atoms with Gasteiger partial charge in [0.25, 0.3) is 11.8 Å². The van der Waals surface area contributed by atoms with Crippen LogP contribution >= 0.6 is 11.3 Å². The van der Waals surface area contributed by atoms with E-state index >= 15 is 0 Å². The number of amides is 4. The van der Waals surface area contributed by atoms with Crippen LogP contribution in [0.15, 0.2) is 53.9 Å². The van der Waals surface area contributed by atoms with E-state index in [4.69, 9.17) is 0 Å².